The van der Waals surface area contributed by atoms with E-state index in [1.807, 2.05) is 0 Å². The van der Waals surface area contributed by atoms with Gasteiger partial charge in [0.15, 0.2) is 0 Å². The van der Waals surface area contributed by atoms with E-state index in [-0.39, 0.29) is 5.88 Å². The van der Waals surface area contributed by atoms with Crippen molar-refractivity contribution in [2.75, 3.05) is 6.54 Å². The lowest BCUT2D eigenvalue weighted by Crippen LogP contribution is -2.16. The first-order chi connectivity index (χ1) is 3.80. The van der Waals surface area contributed by atoms with Crippen LogP contribution in [0.4, 0.5) is 0 Å². The molecule has 0 aliphatic carbocycles. The Bertz CT molecular complexity index is 136. The average Bonchev–Trinajstić information content (AvgIpc) is 1.77. The summed E-state index contributed by atoms with van der Waals surface area (Å²) >= 11 is 3.11. The van der Waals surface area contributed by atoms with Crippen molar-refractivity contribution in [3.63, 3.8) is 0 Å². The third-order valence-electron chi connectivity index (χ3n) is 0.780. The van der Waals surface area contributed by atoms with Crippen LogP contribution in [0.5, 0.6) is 0 Å². The van der Waals surface area contributed by atoms with E-state index in [4.69, 9.17) is 5.11 Å². The molecule has 3 nitrogen and oxygen atoms in total. The normalized spacial score (nSPS) is 18.6. The van der Waals surface area contributed by atoms with E-state index in [1.165, 1.54) is 6.34 Å². The van der Waals surface area contributed by atoms with Crippen molar-refractivity contribution >= 4 is 22.3 Å². The van der Waals surface area contributed by atoms with Crippen molar-refractivity contribution in [1.29, 1.82) is 0 Å². The Morgan fingerprint density at radius 2 is 2.62 bits per heavy atom. The fraction of sp³-hybridized carbons (Fsp3) is 0.250. The molecule has 0 radical (unpaired) electrons. The molecule has 0 aromatic carbocycles. The Kier molecular flexibility index (Phi) is 1.53. The summed E-state index contributed by atoms with van der Waals surface area (Å²) in [5.41, 5.74) is 0. The lowest BCUT2D eigenvalue weighted by Gasteiger charge is -2.05. The maximum absolute atomic E-state index is 8.81. The lowest BCUT2D eigenvalue weighted by atomic mass is 10.5. The second-order valence-electron chi connectivity index (χ2n) is 1.37. The minimum absolute atomic E-state index is 0.153. The lowest BCUT2D eigenvalue weighted by molar-refractivity contribution is 0.384. The van der Waals surface area contributed by atoms with Gasteiger partial charge in [-0.1, -0.05) is 0 Å². The molecule has 8 heavy (non-hydrogen) atoms. The van der Waals surface area contributed by atoms with Gasteiger partial charge in [0, 0.05) is 0 Å². The zero-order chi connectivity index (χ0) is 5.98. The Morgan fingerprint density at radius 3 is 3.00 bits per heavy atom. The highest BCUT2D eigenvalue weighted by Crippen LogP contribution is 2.09. The molecule has 0 spiro atoms. The van der Waals surface area contributed by atoms with Crippen molar-refractivity contribution in [1.82, 2.24) is 5.32 Å². The van der Waals surface area contributed by atoms with E-state index in [9.17, 15) is 0 Å². The highest BCUT2D eigenvalue weighted by Gasteiger charge is 2.01. The van der Waals surface area contributed by atoms with Gasteiger partial charge in [0.05, 0.1) is 17.4 Å². The summed E-state index contributed by atoms with van der Waals surface area (Å²) in [6.07, 6.45) is 1.46. The van der Waals surface area contributed by atoms with Gasteiger partial charge in [-0.05, 0) is 15.9 Å². The average molecular weight is 177 g/mol. The molecule has 1 rings (SSSR count). The molecule has 0 unspecified atom stereocenters. The number of nitrogens with one attached hydrogen (secondary N) is 1. The third kappa shape index (κ3) is 1.01. The number of halogens is 1. The van der Waals surface area contributed by atoms with Gasteiger partial charge in [0.2, 0.25) is 5.88 Å². The largest absolute Gasteiger partial charge is 0.494 e. The second-order valence-corrected chi connectivity index (χ2v) is 2.32. The number of aliphatic imine (C=N–C) groups is 1. The maximum Gasteiger partial charge on any atom is 0.201 e. The van der Waals surface area contributed by atoms with Crippen LogP contribution in [0.1, 0.15) is 0 Å². The van der Waals surface area contributed by atoms with Crippen LogP contribution < -0.4 is 5.32 Å². The molecule has 0 aromatic rings. The molecule has 2 N–H and O–H groups in total. The molecule has 0 saturated carbocycles. The first-order valence-corrected chi connectivity index (χ1v) is 2.92. The summed E-state index contributed by atoms with van der Waals surface area (Å²) < 4.78 is 0.694. The van der Waals surface area contributed by atoms with Crippen molar-refractivity contribution in [2.24, 2.45) is 4.99 Å². The van der Waals surface area contributed by atoms with Gasteiger partial charge in [-0.2, -0.15) is 0 Å². The van der Waals surface area contributed by atoms with Crippen molar-refractivity contribution in [2.45, 2.75) is 0 Å². The number of aliphatic hydroxyl groups is 1. The Balaban J connectivity index is 2.67. The van der Waals surface area contributed by atoms with E-state index in [2.05, 4.69) is 26.2 Å². The topological polar surface area (TPSA) is 44.6 Å². The molecule has 0 bridgehead atoms. The molecule has 1 aliphatic rings. The number of nitrogens with zero attached hydrogens (tertiary/aromatic N) is 1. The first-order valence-electron chi connectivity index (χ1n) is 2.13. The van der Waals surface area contributed by atoms with Crippen LogP contribution >= 0.6 is 15.9 Å². The zero-order valence-electron chi connectivity index (χ0n) is 4.06. The minimum Gasteiger partial charge on any atom is -0.494 e. The van der Waals surface area contributed by atoms with Crippen LogP contribution in [0, 0.1) is 0 Å². The predicted molar refractivity (Wildman–Crippen MR) is 35.1 cm³/mol. The molecule has 0 saturated heterocycles. The monoisotopic (exact) mass is 176 g/mol. The standard InChI is InChI=1S/C4H5BrN2O/c5-3-1-6-2-7-4(3)8/h2,8H,1H2,(H,6,7). The van der Waals surface area contributed by atoms with Crippen molar-refractivity contribution in [3.8, 4) is 0 Å². The molecule has 0 amide bonds. The molecule has 4 heteroatoms. The van der Waals surface area contributed by atoms with Gasteiger partial charge in [-0.3, -0.25) is 4.99 Å². The first kappa shape index (κ1) is 5.62. The molecular formula is C4H5BrN2O. The fourth-order valence-corrected chi connectivity index (χ4v) is 0.645. The SMILES string of the molecule is OC1=C(Br)CN=CN1. The van der Waals surface area contributed by atoms with E-state index >= 15 is 0 Å². The number of hydrogen-bond acceptors (Lipinski definition) is 3. The summed E-state index contributed by atoms with van der Waals surface area (Å²) in [6, 6.07) is 0. The highest BCUT2D eigenvalue weighted by atomic mass is 79.9. The summed E-state index contributed by atoms with van der Waals surface area (Å²) in [4.78, 5) is 3.81. The van der Waals surface area contributed by atoms with Crippen LogP contribution in [0.25, 0.3) is 0 Å². The number of hydrogen-bond donors (Lipinski definition) is 2. The van der Waals surface area contributed by atoms with Crippen LogP contribution in [0.15, 0.2) is 15.4 Å². The van der Waals surface area contributed by atoms with Crippen molar-refractivity contribution in [3.05, 3.63) is 10.4 Å². The smallest absolute Gasteiger partial charge is 0.201 e. The van der Waals surface area contributed by atoms with E-state index in [0.717, 1.165) is 0 Å². The van der Waals surface area contributed by atoms with Crippen LogP contribution in [0.3, 0.4) is 0 Å². The maximum atomic E-state index is 8.81. The fourth-order valence-electron chi connectivity index (χ4n) is 0.386. The predicted octanol–water partition coefficient (Wildman–Crippen LogP) is 0.740. The van der Waals surface area contributed by atoms with Gasteiger partial charge >= 0.3 is 0 Å². The van der Waals surface area contributed by atoms with Crippen molar-refractivity contribution < 1.29 is 5.11 Å². The van der Waals surface area contributed by atoms with E-state index in [1.54, 1.807) is 0 Å². The summed E-state index contributed by atoms with van der Waals surface area (Å²) in [5.74, 6) is 0.153. The van der Waals surface area contributed by atoms with Gasteiger partial charge in [-0.25, -0.2) is 0 Å². The van der Waals surface area contributed by atoms with E-state index < -0.39 is 0 Å². The summed E-state index contributed by atoms with van der Waals surface area (Å²) in [6.45, 7) is 0.527. The van der Waals surface area contributed by atoms with Crippen LogP contribution in [0.2, 0.25) is 0 Å². The van der Waals surface area contributed by atoms with Gasteiger partial charge in [-0.15, -0.1) is 0 Å². The zero-order valence-corrected chi connectivity index (χ0v) is 5.64. The van der Waals surface area contributed by atoms with Gasteiger partial charge < -0.3 is 10.4 Å². The Morgan fingerprint density at radius 1 is 1.88 bits per heavy atom. The van der Waals surface area contributed by atoms with Gasteiger partial charge in [0.1, 0.15) is 0 Å². The molecular weight excluding hydrogens is 172 g/mol. The molecule has 0 atom stereocenters. The molecule has 0 aromatic heterocycles. The van der Waals surface area contributed by atoms with E-state index in [0.29, 0.717) is 11.0 Å². The van der Waals surface area contributed by atoms with Gasteiger partial charge in [0.25, 0.3) is 0 Å². The summed E-state index contributed by atoms with van der Waals surface area (Å²) in [7, 11) is 0. The molecule has 1 aliphatic heterocycles. The molecule has 44 valence electrons. The highest BCUT2D eigenvalue weighted by molar-refractivity contribution is 9.11. The van der Waals surface area contributed by atoms with Crippen LogP contribution in [-0.4, -0.2) is 18.0 Å². The number of aliphatic hydroxyl groups excluding tert-OH is 1. The molecule has 0 fully saturated rings. The second kappa shape index (κ2) is 2.17. The quantitative estimate of drug-likeness (QED) is 0.573. The summed E-state index contributed by atoms with van der Waals surface area (Å²) in [5, 5.41) is 11.3. The molecule has 1 heterocycles. The minimum atomic E-state index is 0.153. The Hall–Kier alpha value is -0.510. The Labute approximate surface area is 55.2 Å². The third-order valence-corrected chi connectivity index (χ3v) is 1.41. The number of rotatable bonds is 0. The van der Waals surface area contributed by atoms with Crippen LogP contribution in [-0.2, 0) is 0 Å².